The number of hydrogen-bond acceptors (Lipinski definition) is 5. The Hall–Kier alpha value is -1.67. The van der Waals surface area contributed by atoms with E-state index in [2.05, 4.69) is 33.2 Å². The van der Waals surface area contributed by atoms with E-state index in [1.54, 1.807) is 6.20 Å². The van der Waals surface area contributed by atoms with Gasteiger partial charge >= 0.3 is 0 Å². The van der Waals surface area contributed by atoms with Crippen LogP contribution in [0.3, 0.4) is 0 Å². The van der Waals surface area contributed by atoms with Crippen LogP contribution in [0.1, 0.15) is 25.3 Å². The maximum atomic E-state index is 8.93. The maximum Gasteiger partial charge on any atom is 0.147 e. The summed E-state index contributed by atoms with van der Waals surface area (Å²) in [5, 5.41) is 12.2. The molecule has 0 bridgehead atoms. The molecule has 0 saturated carbocycles. The summed E-state index contributed by atoms with van der Waals surface area (Å²) < 4.78 is 0. The number of rotatable bonds is 4. The first-order chi connectivity index (χ1) is 8.35. The lowest BCUT2D eigenvalue weighted by Crippen LogP contribution is -2.34. The summed E-state index contributed by atoms with van der Waals surface area (Å²) in [5.41, 5.74) is 0.508. The molecule has 17 heavy (non-hydrogen) atoms. The summed E-state index contributed by atoms with van der Waals surface area (Å²) in [6.45, 7) is 5.29. The molecule has 1 fully saturated rings. The van der Waals surface area contributed by atoms with Crippen molar-refractivity contribution in [2.75, 3.05) is 25.0 Å². The summed E-state index contributed by atoms with van der Waals surface area (Å²) in [7, 11) is 0. The maximum absolute atomic E-state index is 8.93. The van der Waals surface area contributed by atoms with Crippen molar-refractivity contribution < 1.29 is 0 Å². The molecule has 2 heterocycles. The minimum Gasteiger partial charge on any atom is -0.367 e. The standard InChI is InChI=1S/C12H17N5/c1-2-17-5-3-4-11(17)8-15-12-10(6-13)7-14-9-16-12/h7,9,11H,2-5,8H2,1H3,(H,14,15,16). The van der Waals surface area contributed by atoms with Crippen LogP contribution < -0.4 is 5.32 Å². The van der Waals surface area contributed by atoms with E-state index in [1.165, 1.54) is 25.7 Å². The van der Waals surface area contributed by atoms with Crippen LogP contribution in [-0.4, -0.2) is 40.5 Å². The predicted octanol–water partition coefficient (Wildman–Crippen LogP) is 1.24. The zero-order valence-electron chi connectivity index (χ0n) is 10.1. The molecule has 1 N–H and O–H groups in total. The molecule has 5 heteroatoms. The molecule has 2 rings (SSSR count). The van der Waals surface area contributed by atoms with E-state index in [9.17, 15) is 0 Å². The van der Waals surface area contributed by atoms with Gasteiger partial charge in [-0.3, -0.25) is 4.90 Å². The third-order valence-corrected chi connectivity index (χ3v) is 3.24. The third kappa shape index (κ3) is 2.71. The average molecular weight is 231 g/mol. The molecular formula is C12H17N5. The quantitative estimate of drug-likeness (QED) is 0.844. The van der Waals surface area contributed by atoms with Gasteiger partial charge < -0.3 is 5.32 Å². The Kier molecular flexibility index (Phi) is 3.89. The highest BCUT2D eigenvalue weighted by atomic mass is 15.2. The average Bonchev–Trinajstić information content (AvgIpc) is 2.84. The SMILES string of the molecule is CCN1CCCC1CNc1ncncc1C#N. The molecule has 1 aromatic rings. The highest BCUT2D eigenvalue weighted by molar-refractivity contribution is 5.49. The van der Waals surface area contributed by atoms with Gasteiger partial charge in [0.05, 0.1) is 6.20 Å². The van der Waals surface area contributed by atoms with Crippen LogP contribution in [0.4, 0.5) is 5.82 Å². The number of likely N-dealkylation sites (N-methyl/N-ethyl adjacent to an activating group) is 1. The van der Waals surface area contributed by atoms with Crippen LogP contribution in [0.15, 0.2) is 12.5 Å². The lowest BCUT2D eigenvalue weighted by molar-refractivity contribution is 0.277. The topological polar surface area (TPSA) is 64.8 Å². The van der Waals surface area contributed by atoms with Gasteiger partial charge in [-0.2, -0.15) is 5.26 Å². The zero-order valence-corrected chi connectivity index (χ0v) is 10.1. The lowest BCUT2D eigenvalue weighted by Gasteiger charge is -2.23. The molecule has 1 aliphatic rings. The number of nitrogens with zero attached hydrogens (tertiary/aromatic N) is 4. The van der Waals surface area contributed by atoms with E-state index in [0.717, 1.165) is 13.1 Å². The van der Waals surface area contributed by atoms with Crippen molar-refractivity contribution in [3.05, 3.63) is 18.1 Å². The Bertz CT molecular complexity index is 412. The highest BCUT2D eigenvalue weighted by Gasteiger charge is 2.22. The second kappa shape index (κ2) is 5.60. The fourth-order valence-corrected chi connectivity index (χ4v) is 2.31. The Labute approximate surface area is 101 Å². The van der Waals surface area contributed by atoms with E-state index in [1.807, 2.05) is 0 Å². The largest absolute Gasteiger partial charge is 0.367 e. The van der Waals surface area contributed by atoms with E-state index >= 15 is 0 Å². The van der Waals surface area contributed by atoms with Crippen LogP contribution in [0.5, 0.6) is 0 Å². The molecule has 1 atom stereocenters. The molecule has 0 aromatic carbocycles. The van der Waals surface area contributed by atoms with Gasteiger partial charge in [0.2, 0.25) is 0 Å². The van der Waals surface area contributed by atoms with Gasteiger partial charge in [0.1, 0.15) is 23.8 Å². The first-order valence-corrected chi connectivity index (χ1v) is 6.03. The van der Waals surface area contributed by atoms with E-state index in [-0.39, 0.29) is 0 Å². The van der Waals surface area contributed by atoms with Gasteiger partial charge in [-0.05, 0) is 25.9 Å². The Morgan fingerprint density at radius 3 is 3.29 bits per heavy atom. The summed E-state index contributed by atoms with van der Waals surface area (Å²) in [6, 6.07) is 2.65. The van der Waals surface area contributed by atoms with Gasteiger partial charge in [0.15, 0.2) is 0 Å². The van der Waals surface area contributed by atoms with Gasteiger partial charge in [-0.1, -0.05) is 6.92 Å². The minimum absolute atomic E-state index is 0.508. The summed E-state index contributed by atoms with van der Waals surface area (Å²) in [6.07, 6.45) is 5.49. The number of likely N-dealkylation sites (tertiary alicyclic amines) is 1. The van der Waals surface area contributed by atoms with Crippen molar-refractivity contribution in [2.24, 2.45) is 0 Å². The molecule has 90 valence electrons. The Morgan fingerprint density at radius 1 is 1.65 bits per heavy atom. The monoisotopic (exact) mass is 231 g/mol. The Morgan fingerprint density at radius 2 is 2.53 bits per heavy atom. The van der Waals surface area contributed by atoms with Crippen LogP contribution >= 0.6 is 0 Å². The molecule has 0 amide bonds. The molecule has 1 aromatic heterocycles. The number of hydrogen-bond donors (Lipinski definition) is 1. The van der Waals surface area contributed by atoms with Gasteiger partial charge in [-0.15, -0.1) is 0 Å². The van der Waals surface area contributed by atoms with E-state index in [4.69, 9.17) is 5.26 Å². The molecule has 0 radical (unpaired) electrons. The van der Waals surface area contributed by atoms with Crippen LogP contribution in [0.2, 0.25) is 0 Å². The summed E-state index contributed by atoms with van der Waals surface area (Å²) in [4.78, 5) is 10.4. The molecule has 0 aliphatic carbocycles. The summed E-state index contributed by atoms with van der Waals surface area (Å²) in [5.74, 6) is 0.644. The highest BCUT2D eigenvalue weighted by Crippen LogP contribution is 2.17. The fourth-order valence-electron chi connectivity index (χ4n) is 2.31. The minimum atomic E-state index is 0.508. The van der Waals surface area contributed by atoms with Crippen LogP contribution in [0, 0.1) is 11.3 Å². The number of nitrogens with one attached hydrogen (secondary N) is 1. The summed E-state index contributed by atoms with van der Waals surface area (Å²) >= 11 is 0. The predicted molar refractivity (Wildman–Crippen MR) is 65.5 cm³/mol. The van der Waals surface area contributed by atoms with Crippen molar-refractivity contribution in [2.45, 2.75) is 25.8 Å². The lowest BCUT2D eigenvalue weighted by atomic mass is 10.2. The van der Waals surface area contributed by atoms with Crippen molar-refractivity contribution in [3.63, 3.8) is 0 Å². The molecule has 1 unspecified atom stereocenters. The van der Waals surface area contributed by atoms with E-state index in [0.29, 0.717) is 17.4 Å². The Balaban J connectivity index is 1.96. The molecule has 0 spiro atoms. The molecular weight excluding hydrogens is 214 g/mol. The molecule has 1 aliphatic heterocycles. The third-order valence-electron chi connectivity index (χ3n) is 3.24. The normalized spacial score (nSPS) is 20.1. The van der Waals surface area contributed by atoms with Gasteiger partial charge in [0.25, 0.3) is 0 Å². The van der Waals surface area contributed by atoms with Crippen LogP contribution in [-0.2, 0) is 0 Å². The first-order valence-electron chi connectivity index (χ1n) is 6.03. The van der Waals surface area contributed by atoms with Crippen molar-refractivity contribution >= 4 is 5.82 Å². The zero-order chi connectivity index (χ0) is 12.1. The van der Waals surface area contributed by atoms with E-state index < -0.39 is 0 Å². The number of aromatic nitrogens is 2. The van der Waals surface area contributed by atoms with Gasteiger partial charge in [0, 0.05) is 12.6 Å². The van der Waals surface area contributed by atoms with Crippen molar-refractivity contribution in [3.8, 4) is 6.07 Å². The molecule has 1 saturated heterocycles. The van der Waals surface area contributed by atoms with Crippen molar-refractivity contribution in [1.29, 1.82) is 5.26 Å². The van der Waals surface area contributed by atoms with Crippen molar-refractivity contribution in [1.82, 2.24) is 14.9 Å². The first kappa shape index (κ1) is 11.8. The van der Waals surface area contributed by atoms with Gasteiger partial charge in [-0.25, -0.2) is 9.97 Å². The smallest absolute Gasteiger partial charge is 0.147 e. The number of nitriles is 1. The van der Waals surface area contributed by atoms with Crippen LogP contribution in [0.25, 0.3) is 0 Å². The second-order valence-electron chi connectivity index (χ2n) is 4.20. The second-order valence-corrected chi connectivity index (χ2v) is 4.20. The molecule has 5 nitrogen and oxygen atoms in total. The number of anilines is 1. The fraction of sp³-hybridized carbons (Fsp3) is 0.583.